The van der Waals surface area contributed by atoms with Gasteiger partial charge in [-0.05, 0) is 161 Å². The zero-order valence-electron chi connectivity index (χ0n) is 68.8. The number of methoxy groups -OCH3 is 2. The number of halogens is 6. The van der Waals surface area contributed by atoms with Crippen molar-refractivity contribution in [2.24, 2.45) is 4.99 Å². The first-order valence-corrected chi connectivity index (χ1v) is 41.1. The maximum atomic E-state index is 12.9. The molecule has 0 saturated carbocycles. The molecule has 4 fully saturated rings. The van der Waals surface area contributed by atoms with Gasteiger partial charge in [0.15, 0.2) is 0 Å². The molecule has 0 unspecified atom stereocenters. The van der Waals surface area contributed by atoms with Crippen LogP contribution in [0.15, 0.2) is 217 Å². The van der Waals surface area contributed by atoms with Crippen molar-refractivity contribution >= 4 is 167 Å². The molecule has 15 rings (SSSR count). The summed E-state index contributed by atoms with van der Waals surface area (Å²) >= 11 is 35.1. The van der Waals surface area contributed by atoms with E-state index in [1.54, 1.807) is 95.9 Å². The number of para-hydroxylation sites is 4. The number of nitro benzene ring substituents is 3. The summed E-state index contributed by atoms with van der Waals surface area (Å²) in [7, 11) is 11.0. The Bertz CT molecular complexity index is 5390. The Morgan fingerprint density at radius 3 is 1.22 bits per heavy atom. The van der Waals surface area contributed by atoms with E-state index in [9.17, 15) is 49.5 Å². The Morgan fingerprint density at radius 2 is 0.766 bits per heavy atom. The summed E-state index contributed by atoms with van der Waals surface area (Å²) in [5.74, 6) is 0.0856. The molecule has 0 aliphatic carbocycles. The molecule has 124 heavy (non-hydrogen) atoms. The second kappa shape index (κ2) is 48.8. The van der Waals surface area contributed by atoms with Crippen LogP contribution in [0.2, 0.25) is 30.1 Å². The van der Waals surface area contributed by atoms with Crippen LogP contribution in [0, 0.1) is 30.3 Å². The normalized spacial score (nSPS) is 14.2. The van der Waals surface area contributed by atoms with Crippen LogP contribution in [0.5, 0.6) is 0 Å². The summed E-state index contributed by atoms with van der Waals surface area (Å²) in [5.41, 5.74) is 21.1. The molecular formula is C88H95Cl6CuN17O12. The number of amides is 2. The van der Waals surface area contributed by atoms with E-state index in [4.69, 9.17) is 86.1 Å². The molecule has 8 N–H and O–H groups in total. The van der Waals surface area contributed by atoms with E-state index in [-0.39, 0.29) is 78.6 Å². The number of nitrogens with zero attached hydrogens (tertiary/aromatic N) is 11. The van der Waals surface area contributed by atoms with Gasteiger partial charge < -0.3 is 76.5 Å². The van der Waals surface area contributed by atoms with Crippen molar-refractivity contribution in [1.82, 2.24) is 39.6 Å². The first-order chi connectivity index (χ1) is 59.0. The van der Waals surface area contributed by atoms with Gasteiger partial charge in [-0.25, -0.2) is 14.6 Å². The topological polar surface area (TPSA) is 351 Å². The number of nitrogens with two attached hydrogens (primary N) is 2. The van der Waals surface area contributed by atoms with Crippen molar-refractivity contribution in [3.63, 3.8) is 0 Å². The molecule has 1 radical (unpaired) electrons. The van der Waals surface area contributed by atoms with Crippen LogP contribution in [0.3, 0.4) is 0 Å². The number of amidine groups is 1. The van der Waals surface area contributed by atoms with E-state index in [0.29, 0.717) is 61.9 Å². The van der Waals surface area contributed by atoms with Gasteiger partial charge in [-0.3, -0.25) is 39.9 Å². The molecule has 10 aromatic rings. The van der Waals surface area contributed by atoms with Gasteiger partial charge in [0.1, 0.15) is 22.9 Å². The molecule has 657 valence electrons. The second-order valence-electron chi connectivity index (χ2n) is 28.6. The number of fused-ring (bicyclic) bond motifs is 2. The van der Waals surface area contributed by atoms with E-state index >= 15 is 0 Å². The van der Waals surface area contributed by atoms with E-state index in [2.05, 4.69) is 113 Å². The zero-order chi connectivity index (χ0) is 88.8. The third-order valence-electron chi connectivity index (χ3n) is 19.9. The van der Waals surface area contributed by atoms with Gasteiger partial charge in [0.25, 0.3) is 28.9 Å². The Hall–Kier alpha value is -11.2. The van der Waals surface area contributed by atoms with Gasteiger partial charge in [0.05, 0.1) is 90.4 Å². The minimum absolute atomic E-state index is 0. The maximum Gasteiger partial charge on any atom is 0.339 e. The van der Waals surface area contributed by atoms with Gasteiger partial charge in [-0.15, -0.1) is 0 Å². The van der Waals surface area contributed by atoms with Crippen molar-refractivity contribution in [3.05, 3.63) is 312 Å². The van der Waals surface area contributed by atoms with Gasteiger partial charge in [0, 0.05) is 177 Å². The fraction of sp³-hybridized carbons (Fsp3) is 0.261. The van der Waals surface area contributed by atoms with Crippen LogP contribution in [0.1, 0.15) is 58.1 Å². The van der Waals surface area contributed by atoms with E-state index in [1.807, 2.05) is 48.3 Å². The maximum absolute atomic E-state index is 12.9. The van der Waals surface area contributed by atoms with Crippen molar-refractivity contribution in [1.29, 1.82) is 0 Å². The van der Waals surface area contributed by atoms with Crippen molar-refractivity contribution in [2.75, 3.05) is 175 Å². The van der Waals surface area contributed by atoms with Crippen LogP contribution in [0.25, 0.3) is 0 Å². The van der Waals surface area contributed by atoms with Gasteiger partial charge in [-0.2, -0.15) is 0 Å². The number of carbonyl (C=O) groups is 4. The summed E-state index contributed by atoms with van der Waals surface area (Å²) < 4.78 is 9.17. The quantitative estimate of drug-likeness (QED) is 0.0205. The van der Waals surface area contributed by atoms with Gasteiger partial charge in [-0.1, -0.05) is 142 Å². The minimum Gasteiger partial charge on any atom is -0.465 e. The van der Waals surface area contributed by atoms with Crippen LogP contribution < -0.4 is 32.7 Å². The number of likely N-dealkylation sites (N-methyl/N-ethyl adjacent to an activating group) is 4. The average molecular weight is 1860 g/mol. The Balaban J connectivity index is 0.000000185. The number of piperazine rings is 4. The monoisotopic (exact) mass is 1850 g/mol. The fourth-order valence-electron chi connectivity index (χ4n) is 12.9. The molecule has 0 spiro atoms. The molecule has 4 saturated heterocycles. The Morgan fingerprint density at radius 1 is 0.395 bits per heavy atom. The number of ether oxygens (including phenoxy) is 2. The predicted molar refractivity (Wildman–Crippen MR) is 491 cm³/mol. The molecule has 5 aliphatic heterocycles. The van der Waals surface area contributed by atoms with Crippen molar-refractivity contribution in [3.8, 4) is 0 Å². The number of carbonyl (C=O) groups excluding carboxylic acids is 4. The molecule has 5 heterocycles. The summed E-state index contributed by atoms with van der Waals surface area (Å²) in [6.07, 6.45) is 0.906. The summed E-state index contributed by atoms with van der Waals surface area (Å²) in [6.45, 7) is 15.1. The number of benzene rings is 10. The zero-order valence-corrected chi connectivity index (χ0v) is 74.2. The summed E-state index contributed by atoms with van der Waals surface area (Å²) in [4.78, 5) is 99.6. The van der Waals surface area contributed by atoms with Crippen LogP contribution in [-0.2, 0) is 33.0 Å². The largest absolute Gasteiger partial charge is 0.465 e. The van der Waals surface area contributed by atoms with Gasteiger partial charge in [0.2, 0.25) is 0 Å². The minimum atomic E-state index is -0.568. The number of aliphatic imine (C=N–C) groups is 1. The van der Waals surface area contributed by atoms with Crippen LogP contribution in [-0.4, -0.2) is 226 Å². The molecule has 0 atom stereocenters. The third-order valence-corrected chi connectivity index (χ3v) is 21.4. The molecule has 2 amide bonds. The molecule has 0 aromatic heterocycles. The predicted octanol–water partition coefficient (Wildman–Crippen LogP) is 17.3. The molecular weight excluding hydrogens is 1760 g/mol. The first-order valence-electron chi connectivity index (χ1n) is 38.8. The molecule has 5 aliphatic rings. The van der Waals surface area contributed by atoms with Crippen molar-refractivity contribution in [2.45, 2.75) is 6.42 Å². The summed E-state index contributed by atoms with van der Waals surface area (Å²) in [5, 5.41) is 47.6. The van der Waals surface area contributed by atoms with Crippen LogP contribution in [0.4, 0.5) is 68.2 Å². The smallest absolute Gasteiger partial charge is 0.339 e. The van der Waals surface area contributed by atoms with Gasteiger partial charge >= 0.3 is 11.9 Å². The molecule has 10 aromatic carbocycles. The summed E-state index contributed by atoms with van der Waals surface area (Å²) in [6, 6.07) is 60.5. The SMILES string of the molecule is CN1CCN(C(=O)c2ccccc2Nc2ccc(Cl)cc2N)CC1.CN1CCN(C(=O)c2ccccc2Nc2ccc(Cl)cc2[N+](=O)[O-])CC1.CN1CCN(C2=Nc3ccccc3Cc3ccc(Cl)cc32)CC1.CN1CCNCC1.COC(=O)c1ccccc1Cl.COC(=O)c1ccccc1Nc1ccc(Cl)cc1[N+](=O)[O-].Nc1ccc(Cl)cc1[N+](=O)[O-].[Cu]. The number of hydrogen-bond acceptors (Lipinski definition) is 24. The standard InChI is InChI=1S/C19H20ClN3.C18H19ClN4O3.C18H21ClN4O.C14H11ClN2O4.C8H7ClO2.C6H5ClN2O2.C5H12N2.Cu/c1-22-8-10-23(11-9-22)19-17-13-16(20)7-6-14(17)12-15-4-2-3-5-18(15)21-19;1-21-8-10-22(11-9-21)18(24)14-4-2-3-5-15(14)20-16-7-6-13(19)12-17(16)23(25)26;1-22-8-10-23(11-9-22)18(24)14-4-2-3-5-16(14)21-17-7-6-13(19)12-15(17)20;1-21-14(18)10-4-2-3-5-11(10)16-12-7-6-9(15)8-13(12)17(19)20;1-11-8(10)6-4-2-3-5-7(6)9;7-4-1-2-5(8)6(3-4)9(10)11;1-7-4-2-6-3-5-7;/h2-7,13H,8-12H2,1H3;2-7,12,20H,8-11H2,1H3;2-7,12,21H,8-11,20H2,1H3;2-8,16H,1H3;2-5H,1H3;1-3H,8H2;6H,2-5H2,1H3;. The number of nitrogen functional groups attached to an aromatic ring is 2. The second-order valence-corrected chi connectivity index (χ2v) is 31.2. The average Bonchev–Trinajstić information content (AvgIpc) is 1.61. The number of nitro groups is 3. The van der Waals surface area contributed by atoms with Crippen molar-refractivity contribution < 1.29 is 60.5 Å². The number of hydrogen-bond donors (Lipinski definition) is 6. The van der Waals surface area contributed by atoms with E-state index < -0.39 is 26.7 Å². The Labute approximate surface area is 760 Å². The number of esters is 2. The molecule has 0 bridgehead atoms. The van der Waals surface area contributed by atoms with Crippen LogP contribution >= 0.6 is 69.6 Å². The van der Waals surface area contributed by atoms with E-state index in [1.165, 1.54) is 92.5 Å². The number of nitrogens with one attached hydrogen (secondary N) is 4. The Kier molecular flexibility index (Phi) is 38.6. The third kappa shape index (κ3) is 29.0. The fourth-order valence-corrected chi connectivity index (χ4v) is 14.0. The molecule has 36 heteroatoms. The van der Waals surface area contributed by atoms with E-state index in [0.717, 1.165) is 113 Å². The molecule has 29 nitrogen and oxygen atoms in total. The number of rotatable bonds is 13. The first kappa shape index (κ1) is 98.2. The number of anilines is 8.